The number of hydrogen-bond donors (Lipinski definition) is 1. The molecule has 0 spiro atoms. The van der Waals surface area contributed by atoms with Crippen LogP contribution in [0.15, 0.2) is 41.3 Å². The number of nitrogens with two attached hydrogens (primary N) is 1. The maximum absolute atomic E-state index is 12.5. The molecule has 2 N–H and O–H groups in total. The number of amides is 1. The van der Waals surface area contributed by atoms with Crippen LogP contribution in [0.5, 0.6) is 0 Å². The molecular formula is C16H17ClN4O2. The molecule has 0 unspecified atom stereocenters. The van der Waals surface area contributed by atoms with Crippen LogP contribution in [0.3, 0.4) is 0 Å². The third-order valence-corrected chi connectivity index (χ3v) is 4.49. The molecule has 6 nitrogen and oxygen atoms in total. The Hall–Kier alpha value is -2.34. The summed E-state index contributed by atoms with van der Waals surface area (Å²) in [7, 11) is 0. The van der Waals surface area contributed by atoms with Gasteiger partial charge in [-0.05, 0) is 25.0 Å². The molecule has 1 aliphatic rings. The van der Waals surface area contributed by atoms with Gasteiger partial charge in [-0.2, -0.15) is 9.78 Å². The Morgan fingerprint density at radius 1 is 1.22 bits per heavy atom. The minimum atomic E-state index is -0.354. The van der Waals surface area contributed by atoms with Gasteiger partial charge in [0, 0.05) is 19.0 Å². The fraction of sp³-hybridized carbons (Fsp3) is 0.312. The largest absolute Gasteiger partial charge is 0.369 e. The summed E-state index contributed by atoms with van der Waals surface area (Å²) in [5.41, 5.74) is 6.25. The number of benzene rings is 1. The monoisotopic (exact) mass is 332 g/mol. The molecule has 1 amide bonds. The van der Waals surface area contributed by atoms with Gasteiger partial charge in [0.1, 0.15) is 5.02 Å². The number of carbonyl (C=O) groups excluding carboxylic acids is 1. The molecule has 0 bridgehead atoms. The summed E-state index contributed by atoms with van der Waals surface area (Å²) in [5.74, 6) is -0.379. The van der Waals surface area contributed by atoms with Crippen LogP contribution in [0.2, 0.25) is 5.02 Å². The maximum Gasteiger partial charge on any atom is 0.292 e. The summed E-state index contributed by atoms with van der Waals surface area (Å²) in [6, 6.07) is 9.12. The highest BCUT2D eigenvalue weighted by Crippen LogP contribution is 2.27. The van der Waals surface area contributed by atoms with Crippen molar-refractivity contribution in [1.82, 2.24) is 9.78 Å². The lowest BCUT2D eigenvalue weighted by Gasteiger charge is -2.32. The van der Waals surface area contributed by atoms with Gasteiger partial charge in [-0.25, -0.2) is 0 Å². The van der Waals surface area contributed by atoms with Crippen molar-refractivity contribution in [3.8, 4) is 5.69 Å². The number of piperidine rings is 1. The van der Waals surface area contributed by atoms with E-state index in [0.717, 1.165) is 0 Å². The molecule has 2 heterocycles. The summed E-state index contributed by atoms with van der Waals surface area (Å²) in [4.78, 5) is 25.7. The zero-order valence-corrected chi connectivity index (χ0v) is 13.2. The van der Waals surface area contributed by atoms with E-state index >= 15 is 0 Å². The van der Waals surface area contributed by atoms with E-state index in [9.17, 15) is 9.59 Å². The average molecular weight is 333 g/mol. The van der Waals surface area contributed by atoms with Gasteiger partial charge in [-0.1, -0.05) is 29.8 Å². The number of rotatable bonds is 3. The summed E-state index contributed by atoms with van der Waals surface area (Å²) < 4.78 is 1.28. The molecule has 1 aliphatic heterocycles. The van der Waals surface area contributed by atoms with E-state index in [1.165, 1.54) is 4.68 Å². The van der Waals surface area contributed by atoms with Crippen molar-refractivity contribution in [1.29, 1.82) is 0 Å². The maximum atomic E-state index is 12.5. The van der Waals surface area contributed by atoms with Crippen LogP contribution in [0.25, 0.3) is 5.69 Å². The predicted octanol–water partition coefficient (Wildman–Crippen LogP) is 1.59. The number of primary amides is 1. The fourth-order valence-electron chi connectivity index (χ4n) is 2.80. The third kappa shape index (κ3) is 3.07. The van der Waals surface area contributed by atoms with Gasteiger partial charge in [0.25, 0.3) is 5.56 Å². The number of carbonyl (C=O) groups is 1. The van der Waals surface area contributed by atoms with E-state index in [0.29, 0.717) is 37.3 Å². The van der Waals surface area contributed by atoms with Crippen molar-refractivity contribution in [3.05, 3.63) is 51.9 Å². The fourth-order valence-corrected chi connectivity index (χ4v) is 3.05. The molecular weight excluding hydrogens is 316 g/mol. The lowest BCUT2D eigenvalue weighted by molar-refractivity contribution is -0.122. The molecule has 1 fully saturated rings. The Morgan fingerprint density at radius 3 is 2.48 bits per heavy atom. The molecule has 0 aliphatic carbocycles. The summed E-state index contributed by atoms with van der Waals surface area (Å²) >= 11 is 6.27. The number of aromatic nitrogens is 2. The first kappa shape index (κ1) is 15.6. The number of nitrogens with zero attached hydrogens (tertiary/aromatic N) is 3. The van der Waals surface area contributed by atoms with E-state index in [4.69, 9.17) is 17.3 Å². The van der Waals surface area contributed by atoms with E-state index in [1.54, 1.807) is 18.3 Å². The first-order valence-corrected chi connectivity index (χ1v) is 7.83. The van der Waals surface area contributed by atoms with Crippen LogP contribution in [0.1, 0.15) is 12.8 Å². The SMILES string of the molecule is NC(=O)C1CCN(c2cnn(-c3ccccc3)c(=O)c2Cl)CC1. The minimum Gasteiger partial charge on any atom is -0.369 e. The summed E-state index contributed by atoms with van der Waals surface area (Å²) in [6.45, 7) is 1.26. The van der Waals surface area contributed by atoms with Crippen LogP contribution in [0, 0.1) is 5.92 Å². The minimum absolute atomic E-state index is 0.109. The standard InChI is InChI=1S/C16H17ClN4O2/c17-14-13(20-8-6-11(7-9-20)15(18)22)10-19-21(16(14)23)12-4-2-1-3-5-12/h1-5,10-11H,6-9H2,(H2,18,22). The lowest BCUT2D eigenvalue weighted by Crippen LogP contribution is -2.39. The topological polar surface area (TPSA) is 81.2 Å². The second kappa shape index (κ2) is 6.42. The second-order valence-electron chi connectivity index (χ2n) is 5.56. The molecule has 3 rings (SSSR count). The highest BCUT2D eigenvalue weighted by molar-refractivity contribution is 6.33. The van der Waals surface area contributed by atoms with Gasteiger partial charge in [0.05, 0.1) is 17.6 Å². The number of anilines is 1. The Morgan fingerprint density at radius 2 is 1.87 bits per heavy atom. The zero-order valence-electron chi connectivity index (χ0n) is 12.5. The first-order valence-electron chi connectivity index (χ1n) is 7.45. The molecule has 2 aromatic rings. The quantitative estimate of drug-likeness (QED) is 0.925. The molecule has 120 valence electrons. The van der Waals surface area contributed by atoms with E-state index in [1.807, 2.05) is 23.1 Å². The number of para-hydroxylation sites is 1. The van der Waals surface area contributed by atoms with Gasteiger partial charge in [-0.15, -0.1) is 0 Å². The molecule has 0 saturated carbocycles. The molecule has 1 aromatic carbocycles. The van der Waals surface area contributed by atoms with Crippen LogP contribution >= 0.6 is 11.6 Å². The van der Waals surface area contributed by atoms with Crippen molar-refractivity contribution in [3.63, 3.8) is 0 Å². The van der Waals surface area contributed by atoms with Gasteiger partial charge < -0.3 is 10.6 Å². The van der Waals surface area contributed by atoms with Gasteiger partial charge >= 0.3 is 0 Å². The molecule has 23 heavy (non-hydrogen) atoms. The molecule has 1 aromatic heterocycles. The average Bonchev–Trinajstić information content (AvgIpc) is 2.58. The highest BCUT2D eigenvalue weighted by atomic mass is 35.5. The van der Waals surface area contributed by atoms with Crippen molar-refractivity contribution < 1.29 is 4.79 Å². The Kier molecular flexibility index (Phi) is 4.34. The van der Waals surface area contributed by atoms with E-state index < -0.39 is 0 Å². The Bertz CT molecular complexity index is 767. The number of hydrogen-bond acceptors (Lipinski definition) is 4. The van der Waals surface area contributed by atoms with Gasteiger partial charge in [0.2, 0.25) is 5.91 Å². The lowest BCUT2D eigenvalue weighted by atomic mass is 9.96. The van der Waals surface area contributed by atoms with Gasteiger partial charge in [-0.3, -0.25) is 9.59 Å². The Labute approximate surface area is 138 Å². The zero-order chi connectivity index (χ0) is 16.4. The number of halogens is 1. The second-order valence-corrected chi connectivity index (χ2v) is 5.94. The van der Waals surface area contributed by atoms with Gasteiger partial charge in [0.15, 0.2) is 0 Å². The van der Waals surface area contributed by atoms with Crippen molar-refractivity contribution in [2.24, 2.45) is 11.7 Å². The Balaban J connectivity index is 1.87. The molecule has 0 atom stereocenters. The summed E-state index contributed by atoms with van der Waals surface area (Å²) in [6.07, 6.45) is 2.92. The van der Waals surface area contributed by atoms with Crippen LogP contribution in [0.4, 0.5) is 5.69 Å². The summed E-state index contributed by atoms with van der Waals surface area (Å²) in [5, 5.41) is 4.37. The normalized spacial score (nSPS) is 15.6. The van der Waals surface area contributed by atoms with Crippen LogP contribution in [-0.4, -0.2) is 28.8 Å². The van der Waals surface area contributed by atoms with Crippen LogP contribution < -0.4 is 16.2 Å². The molecule has 7 heteroatoms. The smallest absolute Gasteiger partial charge is 0.292 e. The molecule has 1 saturated heterocycles. The van der Waals surface area contributed by atoms with E-state index in [2.05, 4.69) is 5.10 Å². The third-order valence-electron chi connectivity index (χ3n) is 4.14. The van der Waals surface area contributed by atoms with Crippen molar-refractivity contribution in [2.45, 2.75) is 12.8 Å². The van der Waals surface area contributed by atoms with E-state index in [-0.39, 0.29) is 22.4 Å². The predicted molar refractivity (Wildman–Crippen MR) is 89.0 cm³/mol. The van der Waals surface area contributed by atoms with Crippen molar-refractivity contribution in [2.75, 3.05) is 18.0 Å². The van der Waals surface area contributed by atoms with Crippen LogP contribution in [-0.2, 0) is 4.79 Å². The van der Waals surface area contributed by atoms with Crippen molar-refractivity contribution >= 4 is 23.2 Å². The first-order chi connectivity index (χ1) is 11.1. The molecule has 0 radical (unpaired) electrons. The highest BCUT2D eigenvalue weighted by Gasteiger charge is 2.25.